The maximum Gasteiger partial charge on any atom is 0.122 e. The van der Waals surface area contributed by atoms with Gasteiger partial charge in [-0.15, -0.1) is 0 Å². The highest BCUT2D eigenvalue weighted by Gasteiger charge is 2.19. The number of nitrogens with two attached hydrogens (primary N) is 1. The van der Waals surface area contributed by atoms with Gasteiger partial charge in [-0.3, -0.25) is 4.98 Å². The molecule has 0 amide bonds. The molecule has 0 aromatic carbocycles. The van der Waals surface area contributed by atoms with Crippen molar-refractivity contribution in [2.75, 3.05) is 11.1 Å². The van der Waals surface area contributed by atoms with Gasteiger partial charge in [-0.1, -0.05) is 15.9 Å². The van der Waals surface area contributed by atoms with Gasteiger partial charge in [0.2, 0.25) is 0 Å². The van der Waals surface area contributed by atoms with Crippen molar-refractivity contribution in [3.8, 4) is 0 Å². The fourth-order valence-electron chi connectivity index (χ4n) is 1.22. The number of alkyl halides is 1. The second-order valence-corrected chi connectivity index (χ2v) is 4.19. The van der Waals surface area contributed by atoms with Crippen molar-refractivity contribution in [1.82, 2.24) is 4.98 Å². The zero-order chi connectivity index (χ0) is 11.4. The van der Waals surface area contributed by atoms with Crippen LogP contribution in [0.1, 0.15) is 23.9 Å². The van der Waals surface area contributed by atoms with E-state index in [1.807, 2.05) is 0 Å². The zero-order valence-electron chi connectivity index (χ0n) is 8.52. The molecule has 0 aliphatic carbocycles. The number of hydrogen-bond donors (Lipinski definition) is 3. The standard InChI is InChI=1S/C10H15BrN2O2/c1-6-7(12)2-3-8(13-6)10(15)9(14)4-5-11/h2-3,9-10,14-15H,4-5,12H2,1H3. The molecule has 0 aliphatic rings. The number of aliphatic hydroxyl groups excluding tert-OH is 2. The molecule has 2 atom stereocenters. The average molecular weight is 275 g/mol. The smallest absolute Gasteiger partial charge is 0.122 e. The van der Waals surface area contributed by atoms with Crippen LogP contribution >= 0.6 is 15.9 Å². The van der Waals surface area contributed by atoms with Crippen LogP contribution in [0, 0.1) is 6.92 Å². The second kappa shape index (κ2) is 5.44. The van der Waals surface area contributed by atoms with Crippen LogP contribution < -0.4 is 5.73 Å². The topological polar surface area (TPSA) is 79.4 Å². The van der Waals surface area contributed by atoms with E-state index in [1.165, 1.54) is 0 Å². The lowest BCUT2D eigenvalue weighted by atomic mass is 10.1. The summed E-state index contributed by atoms with van der Waals surface area (Å²) in [6.45, 7) is 1.77. The van der Waals surface area contributed by atoms with Gasteiger partial charge in [0.15, 0.2) is 0 Å². The molecule has 0 radical (unpaired) electrons. The van der Waals surface area contributed by atoms with E-state index < -0.39 is 12.2 Å². The van der Waals surface area contributed by atoms with Crippen molar-refractivity contribution in [2.45, 2.75) is 25.6 Å². The van der Waals surface area contributed by atoms with Gasteiger partial charge in [0, 0.05) is 5.33 Å². The van der Waals surface area contributed by atoms with Gasteiger partial charge in [-0.05, 0) is 25.5 Å². The van der Waals surface area contributed by atoms with E-state index in [0.29, 0.717) is 28.8 Å². The van der Waals surface area contributed by atoms with Crippen molar-refractivity contribution >= 4 is 21.6 Å². The Balaban J connectivity index is 2.81. The molecule has 2 unspecified atom stereocenters. The number of aliphatic hydroxyl groups is 2. The molecular weight excluding hydrogens is 260 g/mol. The molecule has 0 fully saturated rings. The molecule has 1 aromatic heterocycles. The molecule has 0 saturated carbocycles. The van der Waals surface area contributed by atoms with Crippen LogP contribution in [-0.4, -0.2) is 26.6 Å². The molecule has 84 valence electrons. The Morgan fingerprint density at radius 1 is 1.47 bits per heavy atom. The molecule has 4 N–H and O–H groups in total. The molecule has 1 rings (SSSR count). The molecule has 1 heterocycles. The summed E-state index contributed by atoms with van der Waals surface area (Å²) in [5.41, 5.74) is 7.31. The SMILES string of the molecule is Cc1nc(C(O)C(O)CCBr)ccc1N. The van der Waals surface area contributed by atoms with Crippen molar-refractivity contribution in [3.63, 3.8) is 0 Å². The molecule has 4 nitrogen and oxygen atoms in total. The van der Waals surface area contributed by atoms with Crippen LogP contribution in [0.25, 0.3) is 0 Å². The Bertz CT molecular complexity index is 333. The quantitative estimate of drug-likeness (QED) is 0.720. The van der Waals surface area contributed by atoms with Crippen molar-refractivity contribution < 1.29 is 10.2 Å². The van der Waals surface area contributed by atoms with E-state index in [-0.39, 0.29) is 0 Å². The number of aromatic nitrogens is 1. The van der Waals surface area contributed by atoms with E-state index in [4.69, 9.17) is 5.73 Å². The number of anilines is 1. The first-order valence-corrected chi connectivity index (χ1v) is 5.83. The maximum absolute atomic E-state index is 9.76. The number of pyridine rings is 1. The summed E-state index contributed by atoms with van der Waals surface area (Å²) in [6.07, 6.45) is -1.28. The van der Waals surface area contributed by atoms with Crippen LogP contribution in [-0.2, 0) is 0 Å². The molecule has 0 saturated heterocycles. The van der Waals surface area contributed by atoms with E-state index in [1.54, 1.807) is 19.1 Å². The Hall–Kier alpha value is -0.650. The predicted octanol–water partition coefficient (Wildman–Crippen LogP) is 1.15. The van der Waals surface area contributed by atoms with Crippen LogP contribution in [0.2, 0.25) is 0 Å². The Morgan fingerprint density at radius 3 is 2.67 bits per heavy atom. The lowest BCUT2D eigenvalue weighted by Gasteiger charge is -2.16. The third-order valence-electron chi connectivity index (χ3n) is 2.22. The van der Waals surface area contributed by atoms with Crippen molar-refractivity contribution in [1.29, 1.82) is 0 Å². The number of nitrogen functional groups attached to an aromatic ring is 1. The highest BCUT2D eigenvalue weighted by Crippen LogP contribution is 2.19. The first-order valence-electron chi connectivity index (χ1n) is 4.71. The third-order valence-corrected chi connectivity index (χ3v) is 2.68. The fraction of sp³-hybridized carbons (Fsp3) is 0.500. The summed E-state index contributed by atoms with van der Waals surface area (Å²) in [5.74, 6) is 0. The third kappa shape index (κ3) is 3.15. The van der Waals surface area contributed by atoms with E-state index in [2.05, 4.69) is 20.9 Å². The monoisotopic (exact) mass is 274 g/mol. The van der Waals surface area contributed by atoms with E-state index >= 15 is 0 Å². The molecule has 0 spiro atoms. The minimum atomic E-state index is -0.957. The van der Waals surface area contributed by atoms with Crippen LogP contribution in [0.5, 0.6) is 0 Å². The van der Waals surface area contributed by atoms with Gasteiger partial charge in [0.05, 0.1) is 23.2 Å². The van der Waals surface area contributed by atoms with E-state index in [0.717, 1.165) is 0 Å². The van der Waals surface area contributed by atoms with Crippen LogP contribution in [0.4, 0.5) is 5.69 Å². The minimum Gasteiger partial charge on any atom is -0.397 e. The van der Waals surface area contributed by atoms with Gasteiger partial charge >= 0.3 is 0 Å². The molecule has 0 bridgehead atoms. The Labute approximate surface area is 97.3 Å². The van der Waals surface area contributed by atoms with Crippen LogP contribution in [0.3, 0.4) is 0 Å². The number of aryl methyl sites for hydroxylation is 1. The first-order chi connectivity index (χ1) is 7.06. The first kappa shape index (κ1) is 12.4. The zero-order valence-corrected chi connectivity index (χ0v) is 10.1. The number of nitrogens with zero attached hydrogens (tertiary/aromatic N) is 1. The van der Waals surface area contributed by atoms with Gasteiger partial charge in [0.25, 0.3) is 0 Å². The fourth-order valence-corrected chi connectivity index (χ4v) is 1.69. The summed E-state index contributed by atoms with van der Waals surface area (Å²) in [7, 11) is 0. The molecule has 1 aromatic rings. The molecular formula is C10H15BrN2O2. The van der Waals surface area contributed by atoms with Crippen molar-refractivity contribution in [3.05, 3.63) is 23.5 Å². The Kier molecular flexibility index (Phi) is 4.50. The summed E-state index contributed by atoms with van der Waals surface area (Å²) in [6, 6.07) is 3.31. The predicted molar refractivity (Wildman–Crippen MR) is 62.8 cm³/mol. The molecule has 5 heteroatoms. The van der Waals surface area contributed by atoms with Crippen LogP contribution in [0.15, 0.2) is 12.1 Å². The lowest BCUT2D eigenvalue weighted by Crippen LogP contribution is -2.20. The second-order valence-electron chi connectivity index (χ2n) is 3.40. The largest absolute Gasteiger partial charge is 0.397 e. The maximum atomic E-state index is 9.76. The van der Waals surface area contributed by atoms with Gasteiger partial charge < -0.3 is 15.9 Å². The lowest BCUT2D eigenvalue weighted by molar-refractivity contribution is 0.0147. The highest BCUT2D eigenvalue weighted by molar-refractivity contribution is 9.09. The minimum absolute atomic E-state index is 0.454. The highest BCUT2D eigenvalue weighted by atomic mass is 79.9. The van der Waals surface area contributed by atoms with Gasteiger partial charge in [-0.2, -0.15) is 0 Å². The normalized spacial score (nSPS) is 14.9. The van der Waals surface area contributed by atoms with Crippen molar-refractivity contribution in [2.24, 2.45) is 0 Å². The van der Waals surface area contributed by atoms with E-state index in [9.17, 15) is 10.2 Å². The summed E-state index contributed by atoms with van der Waals surface area (Å²) >= 11 is 3.21. The summed E-state index contributed by atoms with van der Waals surface area (Å²) < 4.78 is 0. The average Bonchev–Trinajstić information content (AvgIpc) is 2.21. The van der Waals surface area contributed by atoms with Gasteiger partial charge in [-0.25, -0.2) is 0 Å². The van der Waals surface area contributed by atoms with Gasteiger partial charge in [0.1, 0.15) is 6.10 Å². The Morgan fingerprint density at radius 2 is 2.13 bits per heavy atom. The molecule has 15 heavy (non-hydrogen) atoms. The summed E-state index contributed by atoms with van der Waals surface area (Å²) in [4.78, 5) is 4.13. The number of hydrogen-bond acceptors (Lipinski definition) is 4. The molecule has 0 aliphatic heterocycles. The number of halogens is 1. The summed E-state index contributed by atoms with van der Waals surface area (Å²) in [5, 5.41) is 20.0. The number of rotatable bonds is 4.